The van der Waals surface area contributed by atoms with Crippen LogP contribution in [0.25, 0.3) is 0 Å². The third-order valence-corrected chi connectivity index (χ3v) is 3.19. The number of phenols is 2. The molecule has 0 aliphatic heterocycles. The summed E-state index contributed by atoms with van der Waals surface area (Å²) in [5, 5.41) is 30.1. The SMILES string of the molecule is O=C(Nc1cc(Br)ccc1C(=O)O)c1ccc(O)c(O)c1. The lowest BCUT2D eigenvalue weighted by Gasteiger charge is -2.09. The van der Waals surface area contributed by atoms with Gasteiger partial charge in [-0.2, -0.15) is 0 Å². The number of carboxylic acids is 1. The summed E-state index contributed by atoms with van der Waals surface area (Å²) < 4.78 is 0.608. The van der Waals surface area contributed by atoms with Crippen LogP contribution in [0.1, 0.15) is 20.7 Å². The first-order valence-corrected chi connectivity index (χ1v) is 6.54. The molecule has 0 unspecified atom stereocenters. The van der Waals surface area contributed by atoms with Gasteiger partial charge in [0.15, 0.2) is 11.5 Å². The van der Waals surface area contributed by atoms with Crippen molar-refractivity contribution in [3.63, 3.8) is 0 Å². The standard InChI is InChI=1S/C14H10BrNO5/c15-8-2-3-9(14(20)21)10(6-8)16-13(19)7-1-4-11(17)12(18)5-7/h1-6,17-18H,(H,16,19)(H,20,21). The molecule has 0 bridgehead atoms. The van der Waals surface area contributed by atoms with Crippen LogP contribution in [0.5, 0.6) is 11.5 Å². The third-order valence-electron chi connectivity index (χ3n) is 2.70. The van der Waals surface area contributed by atoms with E-state index in [4.69, 9.17) is 5.11 Å². The van der Waals surface area contributed by atoms with Crippen LogP contribution < -0.4 is 5.32 Å². The Morgan fingerprint density at radius 2 is 1.71 bits per heavy atom. The maximum atomic E-state index is 12.1. The van der Waals surface area contributed by atoms with Gasteiger partial charge in [0, 0.05) is 10.0 Å². The number of carbonyl (C=O) groups is 2. The number of phenolic OH excluding ortho intramolecular Hbond substituents is 2. The monoisotopic (exact) mass is 351 g/mol. The predicted octanol–water partition coefficient (Wildman–Crippen LogP) is 2.81. The van der Waals surface area contributed by atoms with Crippen molar-refractivity contribution in [3.8, 4) is 11.5 Å². The molecule has 0 aliphatic carbocycles. The minimum Gasteiger partial charge on any atom is -0.504 e. The van der Waals surface area contributed by atoms with E-state index in [1.807, 2.05) is 0 Å². The molecule has 2 rings (SSSR count). The summed E-state index contributed by atoms with van der Waals surface area (Å²) in [4.78, 5) is 23.2. The lowest BCUT2D eigenvalue weighted by molar-refractivity contribution is 0.0698. The lowest BCUT2D eigenvalue weighted by Crippen LogP contribution is -2.14. The Labute approximate surface area is 127 Å². The maximum Gasteiger partial charge on any atom is 0.337 e. The van der Waals surface area contributed by atoms with Gasteiger partial charge in [0.05, 0.1) is 11.3 Å². The number of amides is 1. The Bertz CT molecular complexity index is 729. The van der Waals surface area contributed by atoms with Gasteiger partial charge in [0.2, 0.25) is 0 Å². The number of carboxylic acid groups (broad SMARTS) is 1. The number of hydrogen-bond acceptors (Lipinski definition) is 4. The molecule has 21 heavy (non-hydrogen) atoms. The molecule has 0 saturated heterocycles. The molecule has 7 heteroatoms. The quantitative estimate of drug-likeness (QED) is 0.636. The van der Waals surface area contributed by atoms with Crippen LogP contribution in [0.4, 0.5) is 5.69 Å². The van der Waals surface area contributed by atoms with Crippen molar-refractivity contribution in [1.82, 2.24) is 0 Å². The predicted molar refractivity (Wildman–Crippen MR) is 78.8 cm³/mol. The smallest absolute Gasteiger partial charge is 0.337 e. The van der Waals surface area contributed by atoms with Gasteiger partial charge in [0.1, 0.15) is 0 Å². The van der Waals surface area contributed by atoms with Gasteiger partial charge in [-0.3, -0.25) is 4.79 Å². The molecule has 0 spiro atoms. The zero-order valence-electron chi connectivity index (χ0n) is 10.5. The molecule has 0 saturated carbocycles. The summed E-state index contributed by atoms with van der Waals surface area (Å²) >= 11 is 3.20. The fraction of sp³-hybridized carbons (Fsp3) is 0. The number of halogens is 1. The molecule has 0 heterocycles. The molecule has 0 aromatic heterocycles. The molecule has 108 valence electrons. The highest BCUT2D eigenvalue weighted by Crippen LogP contribution is 2.26. The Kier molecular flexibility index (Phi) is 4.13. The molecule has 0 aliphatic rings. The first kappa shape index (κ1) is 14.9. The molecule has 6 nitrogen and oxygen atoms in total. The van der Waals surface area contributed by atoms with Crippen LogP contribution in [-0.4, -0.2) is 27.2 Å². The van der Waals surface area contributed by atoms with Gasteiger partial charge < -0.3 is 20.6 Å². The number of aromatic hydroxyl groups is 2. The van der Waals surface area contributed by atoms with E-state index < -0.39 is 17.6 Å². The summed E-state index contributed by atoms with van der Waals surface area (Å²) in [5.41, 5.74) is 0.144. The van der Waals surface area contributed by atoms with Crippen LogP contribution in [0, 0.1) is 0 Å². The fourth-order valence-electron chi connectivity index (χ4n) is 1.67. The number of aromatic carboxylic acids is 1. The highest BCUT2D eigenvalue weighted by atomic mass is 79.9. The second-order valence-corrected chi connectivity index (χ2v) is 5.07. The van der Waals surface area contributed by atoms with Gasteiger partial charge in [-0.25, -0.2) is 4.79 Å². The van der Waals surface area contributed by atoms with E-state index in [2.05, 4.69) is 21.2 Å². The lowest BCUT2D eigenvalue weighted by atomic mass is 10.1. The average Bonchev–Trinajstić information content (AvgIpc) is 2.41. The normalized spacial score (nSPS) is 10.1. The summed E-state index contributed by atoms with van der Waals surface area (Å²) in [6.45, 7) is 0. The Balaban J connectivity index is 2.33. The van der Waals surface area contributed by atoms with Crippen molar-refractivity contribution in [2.24, 2.45) is 0 Å². The summed E-state index contributed by atoms with van der Waals surface area (Å²) in [5.74, 6) is -2.56. The molecular weight excluding hydrogens is 342 g/mol. The van der Waals surface area contributed by atoms with Crippen LogP contribution in [0.3, 0.4) is 0 Å². The number of hydrogen-bond donors (Lipinski definition) is 4. The Morgan fingerprint density at radius 3 is 2.33 bits per heavy atom. The van der Waals surface area contributed by atoms with E-state index in [1.165, 1.54) is 24.3 Å². The highest BCUT2D eigenvalue weighted by molar-refractivity contribution is 9.10. The van der Waals surface area contributed by atoms with Gasteiger partial charge in [-0.15, -0.1) is 0 Å². The number of benzene rings is 2. The van der Waals surface area contributed by atoms with E-state index >= 15 is 0 Å². The van der Waals surface area contributed by atoms with E-state index in [-0.39, 0.29) is 22.6 Å². The second kappa shape index (κ2) is 5.84. The molecular formula is C14H10BrNO5. The molecule has 1 amide bonds. The minimum atomic E-state index is -1.17. The Hall–Kier alpha value is -2.54. The molecule has 0 fully saturated rings. The van der Waals surface area contributed by atoms with Crippen molar-refractivity contribution < 1.29 is 24.9 Å². The van der Waals surface area contributed by atoms with Crippen LogP contribution in [0.2, 0.25) is 0 Å². The molecule has 2 aromatic carbocycles. The second-order valence-electron chi connectivity index (χ2n) is 4.15. The zero-order valence-corrected chi connectivity index (χ0v) is 12.1. The van der Waals surface area contributed by atoms with Gasteiger partial charge >= 0.3 is 5.97 Å². The molecule has 0 atom stereocenters. The number of anilines is 1. The number of rotatable bonds is 3. The number of carbonyl (C=O) groups excluding carboxylic acids is 1. The van der Waals surface area contributed by atoms with Crippen LogP contribution >= 0.6 is 15.9 Å². The summed E-state index contributed by atoms with van der Waals surface area (Å²) in [6, 6.07) is 7.93. The van der Waals surface area contributed by atoms with Crippen molar-refractivity contribution in [2.45, 2.75) is 0 Å². The minimum absolute atomic E-state index is 0.0606. The van der Waals surface area contributed by atoms with E-state index in [0.717, 1.165) is 6.07 Å². The fourth-order valence-corrected chi connectivity index (χ4v) is 2.03. The van der Waals surface area contributed by atoms with E-state index in [0.29, 0.717) is 4.47 Å². The van der Waals surface area contributed by atoms with Crippen molar-refractivity contribution in [1.29, 1.82) is 0 Å². The van der Waals surface area contributed by atoms with E-state index in [1.54, 1.807) is 6.07 Å². The van der Waals surface area contributed by atoms with E-state index in [9.17, 15) is 19.8 Å². The van der Waals surface area contributed by atoms with Gasteiger partial charge in [-0.1, -0.05) is 15.9 Å². The van der Waals surface area contributed by atoms with Crippen molar-refractivity contribution in [2.75, 3.05) is 5.32 Å². The molecule has 0 radical (unpaired) electrons. The van der Waals surface area contributed by atoms with Crippen LogP contribution in [-0.2, 0) is 0 Å². The zero-order chi connectivity index (χ0) is 15.6. The van der Waals surface area contributed by atoms with Gasteiger partial charge in [0.25, 0.3) is 5.91 Å². The summed E-state index contributed by atoms with van der Waals surface area (Å²) in [7, 11) is 0. The highest BCUT2D eigenvalue weighted by Gasteiger charge is 2.15. The maximum absolute atomic E-state index is 12.1. The first-order valence-electron chi connectivity index (χ1n) is 5.74. The largest absolute Gasteiger partial charge is 0.504 e. The topological polar surface area (TPSA) is 107 Å². The third kappa shape index (κ3) is 3.32. The number of nitrogens with one attached hydrogen (secondary N) is 1. The van der Waals surface area contributed by atoms with Crippen molar-refractivity contribution in [3.05, 3.63) is 52.0 Å². The van der Waals surface area contributed by atoms with Crippen molar-refractivity contribution >= 4 is 33.5 Å². The summed E-state index contributed by atoms with van der Waals surface area (Å²) in [6.07, 6.45) is 0. The first-order chi connectivity index (χ1) is 9.88. The molecule has 2 aromatic rings. The Morgan fingerprint density at radius 1 is 1.00 bits per heavy atom. The average molecular weight is 352 g/mol. The molecule has 4 N–H and O–H groups in total. The van der Waals surface area contributed by atoms with Crippen LogP contribution in [0.15, 0.2) is 40.9 Å². The van der Waals surface area contributed by atoms with Gasteiger partial charge in [-0.05, 0) is 36.4 Å².